The van der Waals surface area contributed by atoms with Crippen molar-refractivity contribution >= 4 is 41.4 Å². The highest BCUT2D eigenvalue weighted by Crippen LogP contribution is 2.65. The number of fused-ring (bicyclic) bond motifs is 1. The van der Waals surface area contributed by atoms with Crippen molar-refractivity contribution in [1.29, 1.82) is 0 Å². The largest absolute Gasteiger partial charge is 0.346 e. The number of carbonyl (C=O) groups excluding carboxylic acids is 7. The normalized spacial score (nSPS) is 24.5. The number of amides is 7. The molecule has 4 aliphatic rings. The first-order valence-electron chi connectivity index (χ1n) is 19.7. The zero-order valence-corrected chi connectivity index (χ0v) is 33.2. The number of rotatable bonds is 15. The molecule has 2 saturated carbocycles. The minimum atomic E-state index is -1.19. The van der Waals surface area contributed by atoms with Gasteiger partial charge in [-0.05, 0) is 66.1 Å². The summed E-state index contributed by atoms with van der Waals surface area (Å²) in [5.41, 5.74) is -1.21. The third kappa shape index (κ3) is 9.90. The van der Waals surface area contributed by atoms with Gasteiger partial charge in [-0.15, -0.1) is 18.9 Å². The molecule has 0 spiro atoms. The first-order valence-corrected chi connectivity index (χ1v) is 19.7. The van der Waals surface area contributed by atoms with E-state index in [-0.39, 0.29) is 66.8 Å². The fourth-order valence-electron chi connectivity index (χ4n) is 8.86. The minimum Gasteiger partial charge on any atom is -0.346 e. The number of piperidine rings is 2. The maximum Gasteiger partial charge on any atom is 0.322 e. The van der Waals surface area contributed by atoms with Crippen LogP contribution in [0.3, 0.4) is 0 Å². The number of Topliss-reactive ketones (excluding diaryl/α,β-unsaturated/α-hetero) is 1. The van der Waals surface area contributed by atoms with Gasteiger partial charge in [-0.2, -0.15) is 0 Å². The summed E-state index contributed by atoms with van der Waals surface area (Å²) in [5, 5.41) is 10.5. The minimum absolute atomic E-state index is 0.0179. The maximum absolute atomic E-state index is 14.8. The smallest absolute Gasteiger partial charge is 0.322 e. The Morgan fingerprint density at radius 3 is 2.31 bits per heavy atom. The van der Waals surface area contributed by atoms with E-state index >= 15 is 0 Å². The molecule has 0 aromatic carbocycles. The van der Waals surface area contributed by atoms with E-state index in [2.05, 4.69) is 33.8 Å². The Morgan fingerprint density at radius 2 is 1.70 bits per heavy atom. The third-order valence-electron chi connectivity index (χ3n) is 12.6. The zero-order valence-electron chi connectivity index (χ0n) is 33.2. The van der Waals surface area contributed by atoms with E-state index in [0.29, 0.717) is 32.4 Å². The molecule has 54 heavy (non-hydrogen) atoms. The van der Waals surface area contributed by atoms with Crippen LogP contribution in [0.4, 0.5) is 4.79 Å². The first-order chi connectivity index (χ1) is 25.3. The predicted molar refractivity (Wildman–Crippen MR) is 204 cm³/mol. The average molecular weight is 751 g/mol. The van der Waals surface area contributed by atoms with Gasteiger partial charge in [-0.1, -0.05) is 66.9 Å². The number of imide groups is 1. The summed E-state index contributed by atoms with van der Waals surface area (Å²) in [7, 11) is 0. The zero-order chi connectivity index (χ0) is 40.0. The Hall–Kier alpha value is -4.21. The van der Waals surface area contributed by atoms with Gasteiger partial charge in [0.05, 0.1) is 6.04 Å². The lowest BCUT2D eigenvalue weighted by Crippen LogP contribution is -2.62. The first kappa shape index (κ1) is 42.5. The second-order valence-electron chi connectivity index (χ2n) is 17.8. The number of urea groups is 1. The third-order valence-corrected chi connectivity index (χ3v) is 12.6. The van der Waals surface area contributed by atoms with E-state index in [1.165, 1.54) is 11.0 Å². The number of carbonyl (C=O) groups is 7. The molecule has 4 N–H and O–H groups in total. The Bertz CT molecular complexity index is 1520. The monoisotopic (exact) mass is 750 g/mol. The Morgan fingerprint density at radius 1 is 1.02 bits per heavy atom. The molecule has 0 aromatic rings. The molecular formula is C41H62N6O7. The Labute approximate surface area is 320 Å². The lowest BCUT2D eigenvalue weighted by atomic mass is 9.70. The molecule has 298 valence electrons. The van der Waals surface area contributed by atoms with Crippen molar-refractivity contribution in [3.8, 4) is 12.3 Å². The van der Waals surface area contributed by atoms with E-state index in [4.69, 9.17) is 6.42 Å². The van der Waals surface area contributed by atoms with Crippen molar-refractivity contribution in [2.24, 2.45) is 34.0 Å². The number of terminal acetylenes is 1. The van der Waals surface area contributed by atoms with Crippen LogP contribution in [0.1, 0.15) is 112 Å². The molecule has 2 aliphatic carbocycles. The Balaban J connectivity index is 1.53. The highest BCUT2D eigenvalue weighted by molar-refractivity contribution is 6.38. The predicted octanol–water partition coefficient (Wildman–Crippen LogP) is 3.47. The van der Waals surface area contributed by atoms with Crippen LogP contribution in [0, 0.1) is 46.3 Å². The van der Waals surface area contributed by atoms with Crippen LogP contribution in [0.5, 0.6) is 0 Å². The number of ketones is 1. The van der Waals surface area contributed by atoms with Gasteiger partial charge < -0.3 is 25.8 Å². The Kier molecular flexibility index (Phi) is 13.8. The van der Waals surface area contributed by atoms with Gasteiger partial charge in [0.15, 0.2) is 0 Å². The lowest BCUT2D eigenvalue weighted by molar-refractivity contribution is -0.146. The molecule has 2 heterocycles. The van der Waals surface area contributed by atoms with Crippen molar-refractivity contribution in [1.82, 2.24) is 31.1 Å². The highest BCUT2D eigenvalue weighted by Gasteiger charge is 2.70. The molecule has 13 heteroatoms. The van der Waals surface area contributed by atoms with Crippen molar-refractivity contribution in [2.45, 2.75) is 130 Å². The second-order valence-corrected chi connectivity index (χ2v) is 17.8. The van der Waals surface area contributed by atoms with Gasteiger partial charge in [-0.3, -0.25) is 34.1 Å². The SMILES string of the molecule is C#CCCC(NC(=O)[C@@H]1[C@@H]2[C@H](CN1C(=O)[C@@H](NC(=O)NC(=O)C[C@H](CN1CCCCC1=O)C(C)(C)C)C1(C)CCCCC1)C2(C)C)C(=O)C(=O)NCC=C. The van der Waals surface area contributed by atoms with Crippen molar-refractivity contribution in [3.63, 3.8) is 0 Å². The maximum atomic E-state index is 14.8. The van der Waals surface area contributed by atoms with Gasteiger partial charge in [0.1, 0.15) is 12.1 Å². The van der Waals surface area contributed by atoms with Crippen molar-refractivity contribution in [3.05, 3.63) is 12.7 Å². The summed E-state index contributed by atoms with van der Waals surface area (Å²) in [5.74, 6) is -1.03. The summed E-state index contributed by atoms with van der Waals surface area (Å²) in [6.45, 7) is 17.1. The number of likely N-dealkylation sites (tertiary alicyclic amines) is 2. The number of nitrogens with one attached hydrogen (secondary N) is 4. The van der Waals surface area contributed by atoms with E-state index in [1.54, 1.807) is 0 Å². The summed E-state index contributed by atoms with van der Waals surface area (Å²) in [6, 6.07) is -3.96. The standard InChI is InChI=1S/C41H62N6O7/c1-9-11-17-28(33(50)36(52)42-21-10-2)43-35(51)32-31-27(40(31,6)7)25-47(32)37(53)34(41(8)19-14-12-15-20-41)45-38(54)44-29(48)23-26(39(3,4)5)24-46-22-16-13-18-30(46)49/h1,10,26-28,31-32,34H,2,11-25H2,3-8H3,(H,42,52)(H,43,51)(H2,44,45,48,54)/t26-,27+,28?,31+,32+,34-/m1/s1. The summed E-state index contributed by atoms with van der Waals surface area (Å²) in [4.78, 5) is 97.6. The number of hydrogen-bond donors (Lipinski definition) is 4. The molecule has 4 fully saturated rings. The van der Waals surface area contributed by atoms with E-state index in [0.717, 1.165) is 32.1 Å². The quantitative estimate of drug-likeness (QED) is 0.113. The average Bonchev–Trinajstić information content (AvgIpc) is 3.41. The van der Waals surface area contributed by atoms with E-state index in [1.807, 2.05) is 46.4 Å². The van der Waals surface area contributed by atoms with Crippen LogP contribution in [0.15, 0.2) is 12.7 Å². The van der Waals surface area contributed by atoms with Gasteiger partial charge in [0.2, 0.25) is 29.4 Å². The van der Waals surface area contributed by atoms with E-state index < -0.39 is 59.0 Å². The van der Waals surface area contributed by atoms with Crippen molar-refractivity contribution < 1.29 is 33.6 Å². The lowest BCUT2D eigenvalue weighted by Gasteiger charge is -2.43. The molecule has 0 radical (unpaired) electrons. The molecule has 0 bridgehead atoms. The summed E-state index contributed by atoms with van der Waals surface area (Å²) < 4.78 is 0. The molecule has 0 aromatic heterocycles. The van der Waals surface area contributed by atoms with Crippen LogP contribution in [-0.4, -0.2) is 95.5 Å². The highest BCUT2D eigenvalue weighted by atomic mass is 16.2. The molecule has 13 nitrogen and oxygen atoms in total. The van der Waals surface area contributed by atoms with Gasteiger partial charge in [-0.25, -0.2) is 4.79 Å². The summed E-state index contributed by atoms with van der Waals surface area (Å²) >= 11 is 0. The molecule has 4 rings (SSSR count). The van der Waals surface area contributed by atoms with Crippen LogP contribution >= 0.6 is 0 Å². The van der Waals surface area contributed by atoms with Crippen molar-refractivity contribution in [2.75, 3.05) is 26.2 Å². The molecule has 7 amide bonds. The fourth-order valence-corrected chi connectivity index (χ4v) is 8.86. The molecule has 2 saturated heterocycles. The molecule has 1 unspecified atom stereocenters. The fraction of sp³-hybridized carbons (Fsp3) is 0.732. The van der Waals surface area contributed by atoms with E-state index in [9.17, 15) is 33.6 Å². The van der Waals surface area contributed by atoms with Crippen LogP contribution < -0.4 is 21.3 Å². The molecular weight excluding hydrogens is 688 g/mol. The van der Waals surface area contributed by atoms with Gasteiger partial charge >= 0.3 is 6.03 Å². The molecule has 6 atom stereocenters. The number of hydrogen-bond acceptors (Lipinski definition) is 7. The van der Waals surface area contributed by atoms with Crippen LogP contribution in [-0.2, 0) is 28.8 Å². The second kappa shape index (κ2) is 17.5. The summed E-state index contributed by atoms with van der Waals surface area (Å²) in [6.07, 6.45) is 13.4. The van der Waals surface area contributed by atoms with Crippen LogP contribution in [0.25, 0.3) is 0 Å². The number of nitrogens with zero attached hydrogens (tertiary/aromatic N) is 2. The van der Waals surface area contributed by atoms with Crippen LogP contribution in [0.2, 0.25) is 0 Å². The van der Waals surface area contributed by atoms with Gasteiger partial charge in [0, 0.05) is 45.4 Å². The topological polar surface area (TPSA) is 174 Å². The van der Waals surface area contributed by atoms with Gasteiger partial charge in [0.25, 0.3) is 5.91 Å². The molecule has 2 aliphatic heterocycles.